The van der Waals surface area contributed by atoms with E-state index in [-0.39, 0.29) is 44.1 Å². The fourth-order valence-corrected chi connectivity index (χ4v) is 2.30. The molecule has 1 amide bonds. The minimum Gasteiger partial charge on any atom is -0.479 e. The van der Waals surface area contributed by atoms with Gasteiger partial charge in [-0.25, -0.2) is 8.78 Å². The number of rotatable bonds is 4. The van der Waals surface area contributed by atoms with Crippen molar-refractivity contribution in [2.75, 3.05) is 11.9 Å². The Morgan fingerprint density at radius 2 is 1.95 bits per heavy atom. The summed E-state index contributed by atoms with van der Waals surface area (Å²) in [7, 11) is 0. The van der Waals surface area contributed by atoms with Gasteiger partial charge in [-0.2, -0.15) is 5.26 Å². The Morgan fingerprint density at radius 1 is 1.33 bits per heavy atom. The van der Waals surface area contributed by atoms with Crippen molar-refractivity contribution < 1.29 is 18.3 Å². The lowest BCUT2D eigenvalue weighted by atomic mass is 9.86. The first-order valence-electron chi connectivity index (χ1n) is 6.79. The molecule has 0 unspecified atom stereocenters. The maximum absolute atomic E-state index is 13.0. The van der Waals surface area contributed by atoms with E-state index in [1.807, 2.05) is 6.07 Å². The Bertz CT molecular complexity index is 528. The molecule has 1 aliphatic carbocycles. The third-order valence-corrected chi connectivity index (χ3v) is 3.51. The Balaban J connectivity index is 1.87. The first-order valence-corrected chi connectivity index (χ1v) is 6.79. The summed E-state index contributed by atoms with van der Waals surface area (Å²) in [6, 6.07) is 8.45. The summed E-state index contributed by atoms with van der Waals surface area (Å²) in [6.45, 7) is -0.0397. The molecule has 0 spiro atoms. The van der Waals surface area contributed by atoms with Gasteiger partial charge in [0.1, 0.15) is 11.8 Å². The number of hydrogen-bond donors (Lipinski definition) is 1. The van der Waals surface area contributed by atoms with E-state index >= 15 is 0 Å². The Kier molecular flexibility index (Phi) is 4.73. The molecule has 112 valence electrons. The van der Waals surface area contributed by atoms with E-state index in [9.17, 15) is 13.6 Å². The molecule has 1 saturated carbocycles. The fourth-order valence-electron chi connectivity index (χ4n) is 2.30. The summed E-state index contributed by atoms with van der Waals surface area (Å²) >= 11 is 0. The highest BCUT2D eigenvalue weighted by Crippen LogP contribution is 2.36. The van der Waals surface area contributed by atoms with Crippen LogP contribution in [0.5, 0.6) is 5.75 Å². The Labute approximate surface area is 121 Å². The van der Waals surface area contributed by atoms with Crippen molar-refractivity contribution in [1.82, 2.24) is 0 Å². The second-order valence-electron chi connectivity index (χ2n) is 5.09. The number of amides is 1. The topological polar surface area (TPSA) is 62.1 Å². The van der Waals surface area contributed by atoms with Gasteiger partial charge in [-0.05, 0) is 37.1 Å². The average Bonchev–Trinajstić information content (AvgIpc) is 2.46. The number of alkyl halides is 2. The van der Waals surface area contributed by atoms with E-state index < -0.39 is 5.92 Å². The maximum atomic E-state index is 13.0. The number of carbonyl (C=O) groups is 1. The van der Waals surface area contributed by atoms with Crippen LogP contribution in [0.3, 0.4) is 0 Å². The van der Waals surface area contributed by atoms with Crippen molar-refractivity contribution >= 4 is 11.6 Å². The molecule has 0 atom stereocenters. The molecule has 0 saturated heterocycles. The SMILES string of the molecule is N#CCOc1ccc(NC(=O)C2CCC(F)(F)CC2)cc1. The highest BCUT2D eigenvalue weighted by atomic mass is 19.3. The number of ether oxygens (including phenoxy) is 1. The van der Waals surface area contributed by atoms with Crippen LogP contribution in [-0.4, -0.2) is 18.4 Å². The number of halogens is 2. The second kappa shape index (κ2) is 6.53. The Hall–Kier alpha value is -2.16. The van der Waals surface area contributed by atoms with Gasteiger partial charge in [0.2, 0.25) is 11.8 Å². The molecule has 0 heterocycles. The van der Waals surface area contributed by atoms with Gasteiger partial charge in [-0.1, -0.05) is 0 Å². The van der Waals surface area contributed by atoms with Crippen molar-refractivity contribution in [3.63, 3.8) is 0 Å². The van der Waals surface area contributed by atoms with Crippen LogP contribution in [0.4, 0.5) is 14.5 Å². The summed E-state index contributed by atoms with van der Waals surface area (Å²) in [5.41, 5.74) is 0.585. The van der Waals surface area contributed by atoms with Crippen LogP contribution in [-0.2, 0) is 4.79 Å². The molecule has 2 rings (SSSR count). The fraction of sp³-hybridized carbons (Fsp3) is 0.467. The van der Waals surface area contributed by atoms with Gasteiger partial charge in [0.25, 0.3) is 0 Å². The summed E-state index contributed by atoms with van der Waals surface area (Å²) < 4.78 is 31.2. The molecular weight excluding hydrogens is 278 g/mol. The van der Waals surface area contributed by atoms with Gasteiger partial charge in [0, 0.05) is 24.4 Å². The average molecular weight is 294 g/mol. The molecule has 4 nitrogen and oxygen atoms in total. The largest absolute Gasteiger partial charge is 0.479 e. The van der Waals surface area contributed by atoms with Crippen molar-refractivity contribution in [2.24, 2.45) is 5.92 Å². The molecule has 1 N–H and O–H groups in total. The number of hydrogen-bond acceptors (Lipinski definition) is 3. The number of nitriles is 1. The zero-order valence-corrected chi connectivity index (χ0v) is 11.4. The molecule has 1 fully saturated rings. The van der Waals surface area contributed by atoms with Crippen molar-refractivity contribution in [3.05, 3.63) is 24.3 Å². The lowest BCUT2D eigenvalue weighted by molar-refractivity contribution is -0.124. The summed E-state index contributed by atoms with van der Waals surface area (Å²) in [6.07, 6.45) is -0.0392. The van der Waals surface area contributed by atoms with E-state index in [4.69, 9.17) is 10.00 Å². The van der Waals surface area contributed by atoms with Gasteiger partial charge >= 0.3 is 0 Å². The zero-order valence-electron chi connectivity index (χ0n) is 11.4. The molecule has 0 radical (unpaired) electrons. The second-order valence-corrected chi connectivity index (χ2v) is 5.09. The van der Waals surface area contributed by atoms with Crippen molar-refractivity contribution in [2.45, 2.75) is 31.6 Å². The molecule has 0 aliphatic heterocycles. The molecule has 1 aliphatic rings. The minimum absolute atomic E-state index is 0.0397. The lowest BCUT2D eigenvalue weighted by Gasteiger charge is -2.27. The van der Waals surface area contributed by atoms with Gasteiger partial charge in [0.15, 0.2) is 6.61 Å². The molecule has 6 heteroatoms. The third-order valence-electron chi connectivity index (χ3n) is 3.51. The number of carbonyl (C=O) groups excluding carboxylic acids is 1. The number of anilines is 1. The van der Waals surface area contributed by atoms with Crippen molar-refractivity contribution in [3.8, 4) is 11.8 Å². The highest BCUT2D eigenvalue weighted by molar-refractivity contribution is 5.92. The van der Waals surface area contributed by atoms with E-state index in [2.05, 4.69) is 5.32 Å². The van der Waals surface area contributed by atoms with E-state index in [0.29, 0.717) is 11.4 Å². The number of nitrogens with one attached hydrogen (secondary N) is 1. The van der Waals surface area contributed by atoms with Crippen LogP contribution in [0.25, 0.3) is 0 Å². The standard InChI is InChI=1S/C15H16F2N2O2/c16-15(17)7-5-11(6-8-15)14(20)19-12-1-3-13(4-2-12)21-10-9-18/h1-4,11H,5-8,10H2,(H,19,20). The maximum Gasteiger partial charge on any atom is 0.248 e. The summed E-state index contributed by atoms with van der Waals surface area (Å²) in [5, 5.41) is 11.1. The minimum atomic E-state index is -2.63. The lowest BCUT2D eigenvalue weighted by Crippen LogP contribution is -2.31. The first-order chi connectivity index (χ1) is 10.00. The number of nitrogens with zero attached hydrogens (tertiary/aromatic N) is 1. The van der Waals surface area contributed by atoms with Crippen LogP contribution in [0.15, 0.2) is 24.3 Å². The van der Waals surface area contributed by atoms with Crippen LogP contribution in [0.1, 0.15) is 25.7 Å². The third kappa shape index (κ3) is 4.42. The number of benzene rings is 1. The highest BCUT2D eigenvalue weighted by Gasteiger charge is 2.37. The van der Waals surface area contributed by atoms with E-state index in [0.717, 1.165) is 0 Å². The van der Waals surface area contributed by atoms with Crippen LogP contribution in [0.2, 0.25) is 0 Å². The molecule has 1 aromatic rings. The monoisotopic (exact) mass is 294 g/mol. The predicted octanol–water partition coefficient (Wildman–Crippen LogP) is 3.35. The molecular formula is C15H16F2N2O2. The van der Waals surface area contributed by atoms with E-state index in [1.54, 1.807) is 24.3 Å². The summed E-state index contributed by atoms with van der Waals surface area (Å²) in [4.78, 5) is 12.0. The molecule has 0 bridgehead atoms. The molecule has 21 heavy (non-hydrogen) atoms. The zero-order chi connectivity index (χ0) is 15.3. The molecule has 1 aromatic carbocycles. The van der Waals surface area contributed by atoms with Gasteiger partial charge in [-0.3, -0.25) is 4.79 Å². The van der Waals surface area contributed by atoms with Crippen LogP contribution in [0, 0.1) is 17.2 Å². The van der Waals surface area contributed by atoms with Crippen molar-refractivity contribution in [1.29, 1.82) is 5.26 Å². The van der Waals surface area contributed by atoms with Gasteiger partial charge in [-0.15, -0.1) is 0 Å². The smallest absolute Gasteiger partial charge is 0.248 e. The van der Waals surface area contributed by atoms with E-state index in [1.165, 1.54) is 0 Å². The van der Waals surface area contributed by atoms with Crippen LogP contribution < -0.4 is 10.1 Å². The van der Waals surface area contributed by atoms with Gasteiger partial charge < -0.3 is 10.1 Å². The molecule has 0 aromatic heterocycles. The van der Waals surface area contributed by atoms with Gasteiger partial charge in [0.05, 0.1) is 0 Å². The quantitative estimate of drug-likeness (QED) is 0.926. The normalized spacial score (nSPS) is 17.8. The first kappa shape index (κ1) is 15.2. The Morgan fingerprint density at radius 3 is 2.52 bits per heavy atom. The summed E-state index contributed by atoms with van der Waals surface area (Å²) in [5.74, 6) is -2.68. The predicted molar refractivity (Wildman–Crippen MR) is 73.1 cm³/mol. The van der Waals surface area contributed by atoms with Crippen LogP contribution >= 0.6 is 0 Å².